The molecule has 0 unspecified atom stereocenters. The van der Waals surface area contributed by atoms with Gasteiger partial charge in [-0.1, -0.05) is 34.8 Å². The van der Waals surface area contributed by atoms with Gasteiger partial charge in [0.15, 0.2) is 11.5 Å². The second-order valence-corrected chi connectivity index (χ2v) is 3.70. The zero-order chi connectivity index (χ0) is 12.5. The number of halogens is 4. The molecule has 0 radical (unpaired) electrons. The SMILES string of the molecule is COC(=O)c1c2c(Cl)c(Cl)c(Cl)c1O2.[Cl][W]. The molecule has 8 heteroatoms. The number of esters is 1. The number of carbonyl (C=O) groups is 1. The van der Waals surface area contributed by atoms with Gasteiger partial charge < -0.3 is 9.47 Å². The van der Waals surface area contributed by atoms with E-state index in [0.29, 0.717) is 0 Å². The monoisotopic (exact) mass is 471 g/mol. The first-order valence-electron chi connectivity index (χ1n) is 3.70. The molecule has 1 aromatic rings. The summed E-state index contributed by atoms with van der Waals surface area (Å²) < 4.78 is 9.59. The minimum absolute atomic E-state index is 0.132. The molecule has 0 atom stereocenters. The average Bonchev–Trinajstić information content (AvgIpc) is 2.26. The first-order valence-corrected chi connectivity index (χ1v) is 8.46. The van der Waals surface area contributed by atoms with Gasteiger partial charge in [-0.05, 0) is 0 Å². The number of rotatable bonds is 1. The fourth-order valence-electron chi connectivity index (χ4n) is 1.15. The van der Waals surface area contributed by atoms with E-state index in [4.69, 9.17) is 49.0 Å². The van der Waals surface area contributed by atoms with Gasteiger partial charge in [-0.15, -0.1) is 0 Å². The zero-order valence-corrected chi connectivity index (χ0v) is 13.6. The summed E-state index contributed by atoms with van der Waals surface area (Å²) in [5, 5.41) is 0.455. The second kappa shape index (κ2) is 5.79. The van der Waals surface area contributed by atoms with Gasteiger partial charge in [0.2, 0.25) is 0 Å². The van der Waals surface area contributed by atoms with E-state index in [1.807, 2.05) is 0 Å². The maximum atomic E-state index is 11.2. The molecule has 2 bridgehead atoms. The van der Waals surface area contributed by atoms with Crippen molar-refractivity contribution in [1.82, 2.24) is 0 Å². The number of ether oxygens (including phenoxy) is 2. The Morgan fingerprint density at radius 1 is 1.12 bits per heavy atom. The third-order valence-corrected chi connectivity index (χ3v) is 3.12. The second-order valence-electron chi connectivity index (χ2n) is 2.57. The van der Waals surface area contributed by atoms with Crippen molar-refractivity contribution in [3.05, 3.63) is 20.6 Å². The Morgan fingerprint density at radius 3 is 1.94 bits per heavy atom. The molecule has 0 spiro atoms. The Bertz CT molecular complexity index is 420. The molecule has 2 aliphatic heterocycles. The maximum absolute atomic E-state index is 11.2. The normalized spacial score (nSPS) is 10.6. The predicted octanol–water partition coefficient (Wildman–Crippen LogP) is 4.23. The van der Waals surface area contributed by atoms with Crippen molar-refractivity contribution in [2.45, 2.75) is 0 Å². The Balaban J connectivity index is 0.000000606. The number of carbonyl (C=O) groups excluding carboxylic acids is 1. The third-order valence-electron chi connectivity index (χ3n) is 1.83. The van der Waals surface area contributed by atoms with Crippen LogP contribution in [0.1, 0.15) is 10.4 Å². The zero-order valence-electron chi connectivity index (χ0n) is 7.64. The van der Waals surface area contributed by atoms with Gasteiger partial charge in [0, 0.05) is 0 Å². The Labute approximate surface area is 122 Å². The molecule has 3 rings (SSSR count). The van der Waals surface area contributed by atoms with E-state index < -0.39 is 5.97 Å². The van der Waals surface area contributed by atoms with Gasteiger partial charge in [0.05, 0.1) is 12.1 Å². The molecule has 0 saturated carbocycles. The summed E-state index contributed by atoms with van der Waals surface area (Å²) >= 11 is 18.4. The van der Waals surface area contributed by atoms with Crippen LogP contribution in [0.25, 0.3) is 0 Å². The van der Waals surface area contributed by atoms with E-state index in [1.165, 1.54) is 7.11 Å². The quantitative estimate of drug-likeness (QED) is 0.460. The van der Waals surface area contributed by atoms with E-state index in [2.05, 4.69) is 4.74 Å². The first kappa shape index (κ1) is 14.4. The summed E-state index contributed by atoms with van der Waals surface area (Å²) in [5.74, 6) is -0.0902. The van der Waals surface area contributed by atoms with E-state index >= 15 is 0 Å². The van der Waals surface area contributed by atoms with Crippen molar-refractivity contribution in [2.75, 3.05) is 7.11 Å². The van der Waals surface area contributed by atoms with Gasteiger partial charge >= 0.3 is 34.2 Å². The van der Waals surface area contributed by atoms with Crippen molar-refractivity contribution in [3.63, 3.8) is 0 Å². The Morgan fingerprint density at radius 2 is 1.56 bits per heavy atom. The molecule has 87 valence electrons. The summed E-state index contributed by atoms with van der Waals surface area (Å²) in [6.45, 7) is 0. The summed E-state index contributed by atoms with van der Waals surface area (Å²) in [6.07, 6.45) is 0. The number of methoxy groups -OCH3 is 1. The van der Waals surface area contributed by atoms with Crippen molar-refractivity contribution >= 4 is 50.2 Å². The topological polar surface area (TPSA) is 35.5 Å². The summed E-state index contributed by atoms with van der Waals surface area (Å²) in [5.41, 5.74) is 0.243. The van der Waals surface area contributed by atoms with Gasteiger partial charge in [-0.2, -0.15) is 0 Å². The molecule has 1 aromatic carbocycles. The van der Waals surface area contributed by atoms with Crippen LogP contribution < -0.4 is 4.74 Å². The molecule has 0 saturated heterocycles. The molecule has 0 aliphatic carbocycles. The van der Waals surface area contributed by atoms with Crippen LogP contribution in [0.4, 0.5) is 0 Å². The van der Waals surface area contributed by atoms with Gasteiger partial charge in [-0.25, -0.2) is 4.79 Å². The van der Waals surface area contributed by atoms with E-state index in [-0.39, 0.29) is 32.1 Å². The van der Waals surface area contributed by atoms with Crippen molar-refractivity contribution in [1.29, 1.82) is 0 Å². The van der Waals surface area contributed by atoms with Crippen molar-refractivity contribution in [3.8, 4) is 11.5 Å². The fourth-order valence-corrected chi connectivity index (χ4v) is 1.83. The van der Waals surface area contributed by atoms with Crippen LogP contribution in [0.15, 0.2) is 0 Å². The first-order chi connectivity index (χ1) is 7.57. The Kier molecular flexibility index (Phi) is 5.21. The molecular formula is C8H3Cl4O3W. The number of hydrogen-bond acceptors (Lipinski definition) is 3. The molecule has 2 heterocycles. The van der Waals surface area contributed by atoms with Crippen molar-refractivity contribution in [2.24, 2.45) is 0 Å². The van der Waals surface area contributed by atoms with Crippen LogP contribution in [-0.4, -0.2) is 13.1 Å². The summed E-state index contributed by atoms with van der Waals surface area (Å²) in [4.78, 5) is 11.2. The van der Waals surface area contributed by atoms with Crippen LogP contribution >= 0.6 is 44.2 Å². The predicted molar refractivity (Wildman–Crippen MR) is 58.7 cm³/mol. The van der Waals surface area contributed by atoms with Gasteiger partial charge in [-0.3, -0.25) is 0 Å². The third kappa shape index (κ3) is 2.16. The molecule has 2 aliphatic rings. The summed E-state index contributed by atoms with van der Waals surface area (Å²) in [7, 11) is 5.98. The molecule has 3 nitrogen and oxygen atoms in total. The molecule has 0 aromatic heterocycles. The van der Waals surface area contributed by atoms with Gasteiger partial charge in [0.25, 0.3) is 0 Å². The van der Waals surface area contributed by atoms with Gasteiger partial charge in [0.1, 0.15) is 15.6 Å². The van der Waals surface area contributed by atoms with Crippen LogP contribution in [0.2, 0.25) is 15.1 Å². The van der Waals surface area contributed by atoms with Crippen LogP contribution in [0.3, 0.4) is 0 Å². The fraction of sp³-hybridized carbons (Fsp3) is 0.125. The number of benzene rings is 1. The van der Waals surface area contributed by atoms with Crippen LogP contribution in [-0.2, 0) is 23.5 Å². The minimum atomic E-state index is -0.540. The molecule has 16 heavy (non-hydrogen) atoms. The standard InChI is InChI=1S/C8H3Cl3O3.ClH.W/c1-13-8(12)2-6-4(10)3(9)5(11)7(2)14-6;;/h1H3;1H;/q;;+1/p-1. The Hall–Kier alpha value is 0.338. The van der Waals surface area contributed by atoms with E-state index in [1.54, 1.807) is 0 Å². The van der Waals surface area contributed by atoms with Crippen LogP contribution in [0.5, 0.6) is 11.5 Å². The van der Waals surface area contributed by atoms with E-state index in [0.717, 1.165) is 18.8 Å². The molecule has 0 N–H and O–H groups in total. The van der Waals surface area contributed by atoms with E-state index in [9.17, 15) is 4.79 Å². The average molecular weight is 473 g/mol. The number of hydrogen-bond donors (Lipinski definition) is 0. The van der Waals surface area contributed by atoms with Crippen molar-refractivity contribution < 1.29 is 33.0 Å². The summed E-state index contributed by atoms with van der Waals surface area (Å²) in [6, 6.07) is 0. The molecule has 0 amide bonds. The van der Waals surface area contributed by atoms with Crippen LogP contribution in [0, 0.1) is 0 Å². The number of fused-ring (bicyclic) bond motifs is 2. The molecular weight excluding hydrogens is 470 g/mol. The molecule has 0 fully saturated rings.